The van der Waals surface area contributed by atoms with Crippen LogP contribution in [0.4, 0.5) is 18.9 Å². The highest BCUT2D eigenvalue weighted by atomic mass is 79.9. The van der Waals surface area contributed by atoms with Crippen molar-refractivity contribution in [3.8, 4) is 16.2 Å². The molecule has 0 amide bonds. The molecule has 2 aromatic heterocycles. The van der Waals surface area contributed by atoms with E-state index in [4.69, 9.17) is 21.1 Å². The Morgan fingerprint density at radius 2 is 2.00 bits per heavy atom. The van der Waals surface area contributed by atoms with E-state index < -0.39 is 34.5 Å². The van der Waals surface area contributed by atoms with Crippen molar-refractivity contribution in [3.63, 3.8) is 0 Å². The lowest BCUT2D eigenvalue weighted by molar-refractivity contribution is -0.141. The van der Waals surface area contributed by atoms with Gasteiger partial charge in [0.1, 0.15) is 21.5 Å². The third kappa shape index (κ3) is 4.54. The highest BCUT2D eigenvalue weighted by Crippen LogP contribution is 2.43. The number of halogens is 5. The molecule has 0 aliphatic carbocycles. The summed E-state index contributed by atoms with van der Waals surface area (Å²) >= 11 is 10.3. The largest absolute Gasteiger partial charge is 0.494 e. The molecule has 0 radical (unpaired) electrons. The first-order chi connectivity index (χ1) is 15.4. The van der Waals surface area contributed by atoms with Gasteiger partial charge in [0.05, 0.1) is 22.8 Å². The molecule has 0 saturated carbocycles. The first-order valence-electron chi connectivity index (χ1n) is 8.84. The summed E-state index contributed by atoms with van der Waals surface area (Å²) in [6.45, 7) is -0.524. The fourth-order valence-electron chi connectivity index (χ4n) is 3.07. The number of methoxy groups -OCH3 is 1. The number of esters is 1. The zero-order valence-corrected chi connectivity index (χ0v) is 20.3. The van der Waals surface area contributed by atoms with Gasteiger partial charge in [-0.1, -0.05) is 11.6 Å². The topological polar surface area (TPSA) is 94.6 Å². The molecule has 33 heavy (non-hydrogen) atoms. The molecule has 0 fully saturated rings. The summed E-state index contributed by atoms with van der Waals surface area (Å²) in [4.78, 5) is 16.1. The van der Waals surface area contributed by atoms with Crippen molar-refractivity contribution in [2.75, 3.05) is 11.8 Å². The average Bonchev–Trinajstić information content (AvgIpc) is 3.09. The Kier molecular flexibility index (Phi) is 6.10. The smallest absolute Gasteiger partial charge is 0.433 e. The van der Waals surface area contributed by atoms with E-state index >= 15 is 0 Å². The van der Waals surface area contributed by atoms with Crippen molar-refractivity contribution in [1.82, 2.24) is 4.98 Å². The number of nitrogens with zero attached hydrogens (tertiary/aromatic N) is 1. The molecule has 0 saturated heterocycles. The maximum Gasteiger partial charge on any atom is 0.433 e. The SMILES string of the molecule is COc1c(Br)cc2cc1S(=O)(=O)Nc1cc(sc1Cl)-c1cnc(C(F)(F)F)cc1COC2=O. The van der Waals surface area contributed by atoms with Crippen LogP contribution in [0.5, 0.6) is 5.75 Å². The summed E-state index contributed by atoms with van der Waals surface area (Å²) in [5.74, 6) is -1.02. The molecule has 3 heterocycles. The van der Waals surface area contributed by atoms with Crippen LogP contribution in [0.3, 0.4) is 0 Å². The lowest BCUT2D eigenvalue weighted by Gasteiger charge is -2.15. The number of hydrogen-bond donors (Lipinski definition) is 1. The molecule has 0 spiro atoms. The number of cyclic esters (lactones) is 1. The molecular weight excluding hydrogens is 573 g/mol. The van der Waals surface area contributed by atoms with Crippen LogP contribution in [0.25, 0.3) is 10.4 Å². The Hall–Kier alpha value is -2.35. The minimum atomic E-state index is -4.72. The van der Waals surface area contributed by atoms with Crippen molar-refractivity contribution in [1.29, 1.82) is 0 Å². The summed E-state index contributed by atoms with van der Waals surface area (Å²) in [5.41, 5.74) is -1.11. The Morgan fingerprint density at radius 1 is 1.27 bits per heavy atom. The number of fused-ring (bicyclic) bond motifs is 6. The number of alkyl halides is 3. The number of sulfonamides is 1. The number of hydrogen-bond acceptors (Lipinski definition) is 7. The maximum absolute atomic E-state index is 13.2. The standard InChI is InChI=1S/C19H11BrClF3N2O5S2/c1-30-16-11(20)2-8-3-14(16)33(28,29)26-12-5-13(32-17(12)21)10-6-25-15(19(22,23)24)4-9(10)7-31-18(8)27/h2-6,26H,7H2,1H3. The Morgan fingerprint density at radius 3 is 2.67 bits per heavy atom. The molecule has 0 unspecified atom stereocenters. The van der Waals surface area contributed by atoms with Crippen molar-refractivity contribution >= 4 is 60.5 Å². The second-order valence-electron chi connectivity index (χ2n) is 6.69. The fourth-order valence-corrected chi connectivity index (χ4v) is 6.46. The normalized spacial score (nSPS) is 15.3. The molecule has 0 atom stereocenters. The molecule has 1 aliphatic rings. The first kappa shape index (κ1) is 23.8. The second-order valence-corrected chi connectivity index (χ2v) is 10.9. The van der Waals surface area contributed by atoms with Crippen LogP contribution in [-0.2, 0) is 27.5 Å². The summed E-state index contributed by atoms with van der Waals surface area (Å²) < 4.78 is 78.8. The number of carbonyl (C=O) groups is 1. The van der Waals surface area contributed by atoms with E-state index in [2.05, 4.69) is 25.6 Å². The van der Waals surface area contributed by atoms with Gasteiger partial charge in [-0.25, -0.2) is 13.2 Å². The number of benzene rings is 1. The van der Waals surface area contributed by atoms with Gasteiger partial charge in [-0.05, 0) is 40.2 Å². The van der Waals surface area contributed by atoms with Gasteiger partial charge in [0.25, 0.3) is 10.0 Å². The van der Waals surface area contributed by atoms with Gasteiger partial charge in [0.15, 0.2) is 5.75 Å². The third-order valence-corrected chi connectivity index (χ3v) is 7.93. The van der Waals surface area contributed by atoms with Crippen LogP contribution in [0.15, 0.2) is 39.8 Å². The van der Waals surface area contributed by atoms with E-state index in [-0.39, 0.29) is 41.8 Å². The van der Waals surface area contributed by atoms with Crippen LogP contribution in [-0.4, -0.2) is 26.5 Å². The zero-order chi connectivity index (χ0) is 24.1. The Balaban J connectivity index is 1.95. The van der Waals surface area contributed by atoms with Crippen molar-refractivity contribution in [3.05, 3.63) is 56.1 Å². The summed E-state index contributed by atoms with van der Waals surface area (Å²) in [6, 6.07) is 4.46. The molecular formula is C19H11BrClF3N2O5S2. The molecule has 1 N–H and O–H groups in total. The van der Waals surface area contributed by atoms with Gasteiger partial charge >= 0.3 is 12.1 Å². The van der Waals surface area contributed by atoms with Crippen LogP contribution < -0.4 is 9.46 Å². The van der Waals surface area contributed by atoms with Crippen molar-refractivity contribution < 1.29 is 35.9 Å². The highest BCUT2D eigenvalue weighted by Gasteiger charge is 2.34. The average molecular weight is 584 g/mol. The summed E-state index contributed by atoms with van der Waals surface area (Å²) in [7, 11) is -3.05. The summed E-state index contributed by atoms with van der Waals surface area (Å²) in [6.07, 6.45) is -3.74. The van der Waals surface area contributed by atoms with E-state index in [1.807, 2.05) is 0 Å². The van der Waals surface area contributed by atoms with E-state index in [1.165, 1.54) is 19.2 Å². The third-order valence-electron chi connectivity index (χ3n) is 4.57. The number of aromatic nitrogens is 1. The number of rotatable bonds is 1. The number of ether oxygens (including phenoxy) is 2. The van der Waals surface area contributed by atoms with Gasteiger partial charge in [0.2, 0.25) is 0 Å². The molecule has 14 heteroatoms. The number of anilines is 1. The molecule has 174 valence electrons. The number of thiophene rings is 1. The van der Waals surface area contributed by atoms with E-state index in [1.54, 1.807) is 0 Å². The van der Waals surface area contributed by atoms with Crippen LogP contribution in [0.2, 0.25) is 4.34 Å². The van der Waals surface area contributed by atoms with E-state index in [0.29, 0.717) is 4.88 Å². The summed E-state index contributed by atoms with van der Waals surface area (Å²) in [5, 5.41) is 0. The van der Waals surface area contributed by atoms with Crippen molar-refractivity contribution in [2.24, 2.45) is 0 Å². The van der Waals surface area contributed by atoms with Gasteiger partial charge in [0, 0.05) is 22.2 Å². The van der Waals surface area contributed by atoms with Gasteiger partial charge < -0.3 is 9.47 Å². The van der Waals surface area contributed by atoms with Crippen LogP contribution in [0.1, 0.15) is 21.6 Å². The second kappa shape index (κ2) is 8.46. The van der Waals surface area contributed by atoms with Crippen molar-refractivity contribution in [2.45, 2.75) is 17.7 Å². The van der Waals surface area contributed by atoms with E-state index in [9.17, 15) is 26.4 Å². The van der Waals surface area contributed by atoms with Gasteiger partial charge in [-0.2, -0.15) is 13.2 Å². The minimum absolute atomic E-state index is 0.00224. The minimum Gasteiger partial charge on any atom is -0.494 e. The van der Waals surface area contributed by atoms with E-state index in [0.717, 1.165) is 29.7 Å². The lowest BCUT2D eigenvalue weighted by Crippen LogP contribution is -2.16. The fraction of sp³-hybridized carbons (Fsp3) is 0.158. The van der Waals surface area contributed by atoms with Crippen LogP contribution in [0, 0.1) is 0 Å². The molecule has 7 nitrogen and oxygen atoms in total. The molecule has 4 rings (SSSR count). The highest BCUT2D eigenvalue weighted by molar-refractivity contribution is 9.10. The number of carbonyl (C=O) groups excluding carboxylic acids is 1. The van der Waals surface area contributed by atoms with Crippen LogP contribution >= 0.6 is 38.9 Å². The Labute approximate surface area is 202 Å². The molecule has 1 aromatic carbocycles. The predicted molar refractivity (Wildman–Crippen MR) is 118 cm³/mol. The molecule has 3 aromatic rings. The number of pyridine rings is 1. The first-order valence-corrected chi connectivity index (χ1v) is 12.3. The monoisotopic (exact) mass is 582 g/mol. The lowest BCUT2D eigenvalue weighted by atomic mass is 10.1. The Bertz CT molecular complexity index is 1390. The van der Waals surface area contributed by atoms with Gasteiger partial charge in [-0.3, -0.25) is 9.71 Å². The quantitative estimate of drug-likeness (QED) is 0.368. The molecule has 1 aliphatic heterocycles. The molecule has 4 bridgehead atoms. The van der Waals surface area contributed by atoms with Gasteiger partial charge in [-0.15, -0.1) is 11.3 Å². The number of nitrogens with one attached hydrogen (secondary N) is 1. The maximum atomic E-state index is 13.2. The predicted octanol–water partition coefficient (Wildman–Crippen LogP) is 5.72. The zero-order valence-electron chi connectivity index (χ0n) is 16.3.